The van der Waals surface area contributed by atoms with Crippen molar-refractivity contribution in [1.29, 1.82) is 0 Å². The van der Waals surface area contributed by atoms with E-state index in [4.69, 9.17) is 23.8 Å². The summed E-state index contributed by atoms with van der Waals surface area (Å²) in [6.45, 7) is 5.75. The Bertz CT molecular complexity index is 705. The third-order valence-corrected chi connectivity index (χ3v) is 3.85. The summed E-state index contributed by atoms with van der Waals surface area (Å²) in [6, 6.07) is 8.85. The Balaban J connectivity index is 2.60. The summed E-state index contributed by atoms with van der Waals surface area (Å²) in [7, 11) is 0. The van der Waals surface area contributed by atoms with Crippen LogP contribution in [0.4, 0.5) is 0 Å². The van der Waals surface area contributed by atoms with E-state index in [9.17, 15) is 4.79 Å². The minimum Gasteiger partial charge on any atom is -0.287 e. The fourth-order valence-corrected chi connectivity index (χ4v) is 2.10. The second-order valence-electron chi connectivity index (χ2n) is 4.91. The zero-order valence-electron chi connectivity index (χ0n) is 11.6. The molecule has 0 spiro atoms. The van der Waals surface area contributed by atoms with Crippen LogP contribution in [0.2, 0.25) is 5.02 Å². The van der Waals surface area contributed by atoms with E-state index in [0.29, 0.717) is 15.6 Å². The highest BCUT2D eigenvalue weighted by Crippen LogP contribution is 2.14. The summed E-state index contributed by atoms with van der Waals surface area (Å²) in [5, 5.41) is 5.07. The first-order valence-corrected chi connectivity index (χ1v) is 7.10. The maximum atomic E-state index is 12.0. The zero-order valence-corrected chi connectivity index (χ0v) is 13.1. The second kappa shape index (κ2) is 5.85. The Morgan fingerprint density at radius 2 is 1.90 bits per heavy atom. The minimum absolute atomic E-state index is 0.103. The van der Waals surface area contributed by atoms with Crippen LogP contribution >= 0.6 is 23.8 Å². The molecular weight excluding hydrogens is 292 g/mol. The lowest BCUT2D eigenvalue weighted by Crippen LogP contribution is -2.24. The average Bonchev–Trinajstić information content (AvgIpc) is 2.39. The number of rotatable bonds is 3. The van der Waals surface area contributed by atoms with Gasteiger partial charge < -0.3 is 0 Å². The Hall–Kier alpha value is -1.52. The number of benzene rings is 1. The zero-order chi connectivity index (χ0) is 14.9. The summed E-state index contributed by atoms with van der Waals surface area (Å²) >= 11 is 11.2. The van der Waals surface area contributed by atoms with Crippen LogP contribution in [0.5, 0.6) is 0 Å². The Morgan fingerprint density at radius 3 is 2.45 bits per heavy atom. The van der Waals surface area contributed by atoms with Crippen LogP contribution in [0, 0.1) is 12.8 Å². The molecule has 0 saturated heterocycles. The molecule has 0 aliphatic heterocycles. The van der Waals surface area contributed by atoms with Gasteiger partial charge in [-0.1, -0.05) is 37.7 Å². The van der Waals surface area contributed by atoms with E-state index in [2.05, 4.69) is 5.10 Å². The van der Waals surface area contributed by atoms with Crippen molar-refractivity contribution in [3.05, 3.63) is 57.0 Å². The SMILES string of the molecule is Cc1cc(=O)c(C(=S)C(C)C)nn1-c1ccc(Cl)cc1. The largest absolute Gasteiger partial charge is 0.287 e. The molecule has 20 heavy (non-hydrogen) atoms. The molecule has 0 aliphatic carbocycles. The fraction of sp³-hybridized carbons (Fsp3) is 0.267. The topological polar surface area (TPSA) is 34.9 Å². The predicted octanol–water partition coefficient (Wildman–Crippen LogP) is 3.57. The quantitative estimate of drug-likeness (QED) is 0.642. The highest BCUT2D eigenvalue weighted by Gasteiger charge is 2.14. The molecule has 2 aromatic rings. The number of nitrogens with zero attached hydrogens (tertiary/aromatic N) is 2. The third kappa shape index (κ3) is 2.97. The normalized spacial score (nSPS) is 10.8. The summed E-state index contributed by atoms with van der Waals surface area (Å²) in [4.78, 5) is 12.6. The van der Waals surface area contributed by atoms with Gasteiger partial charge in [0.1, 0.15) is 5.69 Å². The summed E-state index contributed by atoms with van der Waals surface area (Å²) in [5.74, 6) is 0.103. The molecule has 2 rings (SSSR count). The molecule has 0 bridgehead atoms. The highest BCUT2D eigenvalue weighted by atomic mass is 35.5. The molecule has 0 atom stereocenters. The van der Waals surface area contributed by atoms with Crippen LogP contribution in [0.25, 0.3) is 5.69 Å². The van der Waals surface area contributed by atoms with Gasteiger partial charge in [-0.2, -0.15) is 5.10 Å². The smallest absolute Gasteiger partial charge is 0.208 e. The summed E-state index contributed by atoms with van der Waals surface area (Å²) in [5.41, 5.74) is 1.81. The number of hydrogen-bond donors (Lipinski definition) is 0. The molecule has 0 saturated carbocycles. The van der Waals surface area contributed by atoms with E-state index in [1.165, 1.54) is 0 Å². The maximum Gasteiger partial charge on any atom is 0.208 e. The second-order valence-corrected chi connectivity index (χ2v) is 5.78. The number of thiocarbonyl (C=S) groups is 1. The molecule has 1 aromatic carbocycles. The van der Waals surface area contributed by atoms with Gasteiger partial charge in [-0.05, 0) is 37.1 Å². The number of halogens is 1. The molecule has 3 nitrogen and oxygen atoms in total. The van der Waals surface area contributed by atoms with Gasteiger partial charge in [0, 0.05) is 21.6 Å². The first-order valence-electron chi connectivity index (χ1n) is 6.31. The average molecular weight is 307 g/mol. The monoisotopic (exact) mass is 306 g/mol. The van der Waals surface area contributed by atoms with Crippen LogP contribution in [-0.4, -0.2) is 14.6 Å². The van der Waals surface area contributed by atoms with Gasteiger partial charge in [-0.3, -0.25) is 4.79 Å². The van der Waals surface area contributed by atoms with E-state index in [1.807, 2.05) is 32.9 Å². The molecule has 104 valence electrons. The lowest BCUT2D eigenvalue weighted by Gasteiger charge is -2.13. The van der Waals surface area contributed by atoms with Crippen LogP contribution < -0.4 is 5.43 Å². The lowest BCUT2D eigenvalue weighted by atomic mass is 10.1. The van der Waals surface area contributed by atoms with Crippen molar-refractivity contribution < 1.29 is 0 Å². The Kier molecular flexibility index (Phi) is 4.35. The van der Waals surface area contributed by atoms with E-state index >= 15 is 0 Å². The molecule has 0 unspecified atom stereocenters. The van der Waals surface area contributed by atoms with Crippen molar-refractivity contribution in [2.24, 2.45) is 5.92 Å². The fourth-order valence-electron chi connectivity index (χ4n) is 1.84. The Morgan fingerprint density at radius 1 is 1.30 bits per heavy atom. The number of aromatic nitrogens is 2. The van der Waals surface area contributed by atoms with E-state index in [1.54, 1.807) is 22.9 Å². The molecule has 0 radical (unpaired) electrons. The van der Waals surface area contributed by atoms with Crippen molar-refractivity contribution in [2.75, 3.05) is 0 Å². The summed E-state index contributed by atoms with van der Waals surface area (Å²) in [6.07, 6.45) is 0. The lowest BCUT2D eigenvalue weighted by molar-refractivity contribution is 0.784. The van der Waals surface area contributed by atoms with Gasteiger partial charge in [-0.25, -0.2) is 4.68 Å². The third-order valence-electron chi connectivity index (χ3n) is 2.94. The van der Waals surface area contributed by atoms with E-state index in [0.717, 1.165) is 11.4 Å². The van der Waals surface area contributed by atoms with Crippen LogP contribution in [0.3, 0.4) is 0 Å². The Labute approximate surface area is 128 Å². The highest BCUT2D eigenvalue weighted by molar-refractivity contribution is 7.80. The van der Waals surface area contributed by atoms with E-state index in [-0.39, 0.29) is 11.3 Å². The van der Waals surface area contributed by atoms with Crippen LogP contribution in [-0.2, 0) is 0 Å². The summed E-state index contributed by atoms with van der Waals surface area (Å²) < 4.78 is 1.71. The molecular formula is C15H15ClN2OS. The molecule has 0 fully saturated rings. The van der Waals surface area contributed by atoms with Gasteiger partial charge in [0.05, 0.1) is 5.69 Å². The van der Waals surface area contributed by atoms with Gasteiger partial charge in [-0.15, -0.1) is 0 Å². The first-order chi connectivity index (χ1) is 9.40. The van der Waals surface area contributed by atoms with Crippen LogP contribution in [0.1, 0.15) is 25.2 Å². The van der Waals surface area contributed by atoms with Gasteiger partial charge in [0.2, 0.25) is 5.43 Å². The molecule has 5 heteroatoms. The number of hydrogen-bond acceptors (Lipinski definition) is 3. The molecule has 1 aromatic heterocycles. The van der Waals surface area contributed by atoms with E-state index < -0.39 is 0 Å². The van der Waals surface area contributed by atoms with Crippen molar-refractivity contribution in [3.63, 3.8) is 0 Å². The molecule has 1 heterocycles. The first kappa shape index (κ1) is 14.9. The van der Waals surface area contributed by atoms with Crippen molar-refractivity contribution >= 4 is 28.7 Å². The van der Waals surface area contributed by atoms with Crippen molar-refractivity contribution in [1.82, 2.24) is 9.78 Å². The minimum atomic E-state index is -0.133. The van der Waals surface area contributed by atoms with Gasteiger partial charge >= 0.3 is 0 Å². The predicted molar refractivity (Wildman–Crippen MR) is 86.1 cm³/mol. The molecule has 0 amide bonds. The molecule has 0 N–H and O–H groups in total. The van der Waals surface area contributed by atoms with Crippen molar-refractivity contribution in [2.45, 2.75) is 20.8 Å². The standard InChI is InChI=1S/C15H15ClN2OS/c1-9(2)15(20)14-13(19)8-10(3)18(17-14)12-6-4-11(16)5-7-12/h4-9H,1-3H3. The van der Waals surface area contributed by atoms with Crippen molar-refractivity contribution in [3.8, 4) is 5.69 Å². The molecule has 0 aliphatic rings. The maximum absolute atomic E-state index is 12.0. The van der Waals surface area contributed by atoms with Gasteiger partial charge in [0.15, 0.2) is 0 Å². The van der Waals surface area contributed by atoms with Crippen LogP contribution in [0.15, 0.2) is 35.1 Å². The van der Waals surface area contributed by atoms with Gasteiger partial charge in [0.25, 0.3) is 0 Å². The number of aryl methyl sites for hydroxylation is 1.